The Morgan fingerprint density at radius 1 is 1.56 bits per heavy atom. The minimum absolute atomic E-state index is 0.175. The van der Waals surface area contributed by atoms with Gasteiger partial charge in [0.25, 0.3) is 0 Å². The first-order valence-corrected chi connectivity index (χ1v) is 6.27. The van der Waals surface area contributed by atoms with Crippen molar-refractivity contribution in [2.24, 2.45) is 0 Å². The molecule has 100 valence electrons. The Hall–Kier alpha value is -1.77. The maximum absolute atomic E-state index is 12.0. The van der Waals surface area contributed by atoms with Crippen LogP contribution in [-0.2, 0) is 4.79 Å². The van der Waals surface area contributed by atoms with Gasteiger partial charge in [-0.05, 0) is 19.3 Å². The molecular formula is C12H19N3O3. The lowest BCUT2D eigenvalue weighted by Gasteiger charge is -2.24. The summed E-state index contributed by atoms with van der Waals surface area (Å²) in [7, 11) is 0. The van der Waals surface area contributed by atoms with Crippen molar-refractivity contribution < 1.29 is 14.7 Å². The van der Waals surface area contributed by atoms with Gasteiger partial charge in [-0.3, -0.25) is 0 Å². The van der Waals surface area contributed by atoms with Crippen molar-refractivity contribution in [1.82, 2.24) is 10.2 Å². The quantitative estimate of drug-likeness (QED) is 0.715. The molecule has 6 nitrogen and oxygen atoms in total. The van der Waals surface area contributed by atoms with Gasteiger partial charge in [0.2, 0.25) is 0 Å². The minimum Gasteiger partial charge on any atom is -0.480 e. The zero-order valence-electron chi connectivity index (χ0n) is 10.6. The molecule has 0 bridgehead atoms. The molecule has 0 radical (unpaired) electrons. The fraction of sp³-hybridized carbons (Fsp3) is 0.750. The summed E-state index contributed by atoms with van der Waals surface area (Å²) in [6.45, 7) is 2.24. The molecule has 0 aliphatic heterocycles. The van der Waals surface area contributed by atoms with Gasteiger partial charge in [-0.2, -0.15) is 5.26 Å². The second-order valence-electron chi connectivity index (χ2n) is 4.46. The number of aliphatic carboxylic acids is 1. The van der Waals surface area contributed by atoms with E-state index in [1.807, 2.05) is 13.0 Å². The highest BCUT2D eigenvalue weighted by Gasteiger charge is 2.33. The molecule has 0 aromatic heterocycles. The second kappa shape index (κ2) is 6.84. The SMILES string of the molecule is CCC[C@H](NC(=O)N(CCC#N)C1CC1)C(=O)O. The summed E-state index contributed by atoms with van der Waals surface area (Å²) in [5.41, 5.74) is 0. The van der Waals surface area contributed by atoms with Crippen LogP contribution in [0.4, 0.5) is 4.79 Å². The molecule has 2 N–H and O–H groups in total. The monoisotopic (exact) mass is 253 g/mol. The normalized spacial score (nSPS) is 15.6. The number of urea groups is 1. The largest absolute Gasteiger partial charge is 0.480 e. The van der Waals surface area contributed by atoms with E-state index in [0.717, 1.165) is 12.8 Å². The topological polar surface area (TPSA) is 93.4 Å². The van der Waals surface area contributed by atoms with Crippen molar-refractivity contribution in [3.05, 3.63) is 0 Å². The van der Waals surface area contributed by atoms with Crippen LogP contribution in [0.15, 0.2) is 0 Å². The van der Waals surface area contributed by atoms with E-state index in [4.69, 9.17) is 10.4 Å². The van der Waals surface area contributed by atoms with Gasteiger partial charge in [-0.15, -0.1) is 0 Å². The van der Waals surface area contributed by atoms with Crippen LogP contribution in [0.2, 0.25) is 0 Å². The van der Waals surface area contributed by atoms with Gasteiger partial charge in [0.1, 0.15) is 6.04 Å². The Bertz CT molecular complexity index is 347. The smallest absolute Gasteiger partial charge is 0.326 e. The third-order valence-electron chi connectivity index (χ3n) is 2.89. The molecule has 0 heterocycles. The highest BCUT2D eigenvalue weighted by atomic mass is 16.4. The minimum atomic E-state index is -1.01. The first kappa shape index (κ1) is 14.3. The van der Waals surface area contributed by atoms with Crippen LogP contribution in [0.5, 0.6) is 0 Å². The van der Waals surface area contributed by atoms with Crippen LogP contribution in [0.3, 0.4) is 0 Å². The van der Waals surface area contributed by atoms with Crippen LogP contribution < -0.4 is 5.32 Å². The molecule has 0 aromatic rings. The third kappa shape index (κ3) is 4.24. The molecule has 18 heavy (non-hydrogen) atoms. The molecule has 0 unspecified atom stereocenters. The van der Waals surface area contributed by atoms with Gasteiger partial charge in [-0.1, -0.05) is 13.3 Å². The van der Waals surface area contributed by atoms with E-state index >= 15 is 0 Å². The number of nitrogens with one attached hydrogen (secondary N) is 1. The predicted octanol–water partition coefficient (Wildman–Crippen LogP) is 1.33. The van der Waals surface area contributed by atoms with Crippen molar-refractivity contribution in [1.29, 1.82) is 5.26 Å². The average molecular weight is 253 g/mol. The molecule has 0 spiro atoms. The summed E-state index contributed by atoms with van der Waals surface area (Å²) < 4.78 is 0. The average Bonchev–Trinajstić information content (AvgIpc) is 3.13. The first-order valence-electron chi connectivity index (χ1n) is 6.27. The van der Waals surface area contributed by atoms with Crippen LogP contribution in [0.25, 0.3) is 0 Å². The maximum Gasteiger partial charge on any atom is 0.326 e. The predicted molar refractivity (Wildman–Crippen MR) is 64.8 cm³/mol. The molecule has 6 heteroatoms. The van der Waals surface area contributed by atoms with Gasteiger partial charge >= 0.3 is 12.0 Å². The van der Waals surface area contributed by atoms with Crippen LogP contribution >= 0.6 is 0 Å². The number of carbonyl (C=O) groups is 2. The summed E-state index contributed by atoms with van der Waals surface area (Å²) in [5, 5.41) is 20.1. The van der Waals surface area contributed by atoms with Gasteiger partial charge < -0.3 is 15.3 Å². The van der Waals surface area contributed by atoms with E-state index in [2.05, 4.69) is 5.32 Å². The van der Waals surface area contributed by atoms with Crippen LogP contribution in [0.1, 0.15) is 39.0 Å². The number of nitrogens with zero attached hydrogens (tertiary/aromatic N) is 2. The van der Waals surface area contributed by atoms with E-state index in [1.54, 1.807) is 4.90 Å². The van der Waals surface area contributed by atoms with E-state index < -0.39 is 12.0 Å². The fourth-order valence-corrected chi connectivity index (χ4v) is 1.78. The zero-order chi connectivity index (χ0) is 13.5. The molecule has 0 aromatic carbocycles. The Kier molecular flexibility index (Phi) is 5.43. The lowest BCUT2D eigenvalue weighted by Crippen LogP contribution is -2.49. The number of carboxylic acids is 1. The molecule has 1 atom stereocenters. The first-order chi connectivity index (χ1) is 8.60. The molecule has 1 aliphatic rings. The molecule has 1 rings (SSSR count). The molecule has 1 fully saturated rings. The molecule has 1 aliphatic carbocycles. The Balaban J connectivity index is 2.54. The number of amides is 2. The number of carbonyl (C=O) groups excluding carboxylic acids is 1. The van der Waals surface area contributed by atoms with Crippen LogP contribution in [-0.4, -0.2) is 40.6 Å². The summed E-state index contributed by atoms with van der Waals surface area (Å²) in [4.78, 5) is 24.5. The summed E-state index contributed by atoms with van der Waals surface area (Å²) in [6.07, 6.45) is 3.25. The Morgan fingerprint density at radius 2 is 2.22 bits per heavy atom. The molecule has 2 amide bonds. The van der Waals surface area contributed by atoms with Crippen molar-refractivity contribution in [3.63, 3.8) is 0 Å². The standard InChI is InChI=1S/C12H19N3O3/c1-2-4-10(11(16)17)14-12(18)15(8-3-7-13)9-5-6-9/h9-10H,2-6,8H2,1H3,(H,14,18)(H,16,17)/t10-/m0/s1. The van der Waals surface area contributed by atoms with E-state index in [1.165, 1.54) is 0 Å². The Labute approximate surface area is 107 Å². The third-order valence-corrected chi connectivity index (χ3v) is 2.89. The van der Waals surface area contributed by atoms with Gasteiger partial charge in [0.15, 0.2) is 0 Å². The molecular weight excluding hydrogens is 234 g/mol. The summed E-state index contributed by atoms with van der Waals surface area (Å²) in [6, 6.07) is 0.965. The highest BCUT2D eigenvalue weighted by molar-refractivity contribution is 5.82. The van der Waals surface area contributed by atoms with E-state index in [0.29, 0.717) is 19.4 Å². The number of carboxylic acid groups (broad SMARTS) is 1. The lowest BCUT2D eigenvalue weighted by atomic mass is 10.2. The van der Waals surface area contributed by atoms with Crippen molar-refractivity contribution >= 4 is 12.0 Å². The summed E-state index contributed by atoms with van der Waals surface area (Å²) in [5.74, 6) is -1.01. The molecule has 1 saturated carbocycles. The summed E-state index contributed by atoms with van der Waals surface area (Å²) >= 11 is 0. The molecule has 0 saturated heterocycles. The number of hydrogen-bond donors (Lipinski definition) is 2. The van der Waals surface area contributed by atoms with E-state index in [-0.39, 0.29) is 18.5 Å². The highest BCUT2D eigenvalue weighted by Crippen LogP contribution is 2.27. The zero-order valence-corrected chi connectivity index (χ0v) is 10.6. The number of rotatable bonds is 7. The van der Waals surface area contributed by atoms with Gasteiger partial charge in [0, 0.05) is 12.6 Å². The van der Waals surface area contributed by atoms with Crippen molar-refractivity contribution in [3.8, 4) is 6.07 Å². The van der Waals surface area contributed by atoms with Crippen molar-refractivity contribution in [2.45, 2.75) is 51.1 Å². The number of hydrogen-bond acceptors (Lipinski definition) is 3. The fourth-order valence-electron chi connectivity index (χ4n) is 1.78. The van der Waals surface area contributed by atoms with E-state index in [9.17, 15) is 9.59 Å². The van der Waals surface area contributed by atoms with Crippen LogP contribution in [0, 0.1) is 11.3 Å². The van der Waals surface area contributed by atoms with Gasteiger partial charge in [-0.25, -0.2) is 9.59 Å². The Morgan fingerprint density at radius 3 is 2.67 bits per heavy atom. The lowest BCUT2D eigenvalue weighted by molar-refractivity contribution is -0.139. The second-order valence-corrected chi connectivity index (χ2v) is 4.46. The van der Waals surface area contributed by atoms with Gasteiger partial charge in [0.05, 0.1) is 12.5 Å². The number of nitriles is 1. The maximum atomic E-state index is 12.0. The van der Waals surface area contributed by atoms with Crippen molar-refractivity contribution in [2.75, 3.05) is 6.54 Å².